The number of rotatable bonds is 5. The third kappa shape index (κ3) is 3.99. The summed E-state index contributed by atoms with van der Waals surface area (Å²) in [5.74, 6) is 0.225. The Morgan fingerprint density at radius 1 is 1.14 bits per heavy atom. The third-order valence-corrected chi connectivity index (χ3v) is 4.25. The van der Waals surface area contributed by atoms with Crippen molar-refractivity contribution in [2.24, 2.45) is 0 Å². The summed E-state index contributed by atoms with van der Waals surface area (Å²) in [6.45, 7) is 9.72. The molecule has 0 aromatic heterocycles. The molecule has 2 rings (SSSR count). The maximum atomic E-state index is 12.3. The van der Waals surface area contributed by atoms with Gasteiger partial charge in [0.05, 0.1) is 18.2 Å². The van der Waals surface area contributed by atoms with Gasteiger partial charge in [-0.3, -0.25) is 9.69 Å². The topological polar surface area (TPSA) is 50.6 Å². The Bertz CT molecular complexity index is 523. The molecule has 1 heterocycles. The fourth-order valence-electron chi connectivity index (χ4n) is 2.70. The van der Waals surface area contributed by atoms with Crippen molar-refractivity contribution >= 4 is 11.6 Å². The van der Waals surface area contributed by atoms with Crippen LogP contribution in [0.1, 0.15) is 19.4 Å². The molecule has 1 aliphatic rings. The molecule has 118 valence electrons. The van der Waals surface area contributed by atoms with Gasteiger partial charge in [-0.1, -0.05) is 13.8 Å². The fraction of sp³-hybridized carbons (Fsp3) is 0.529. The number of hydrogen-bond donors (Lipinski definition) is 0. The molecule has 1 aromatic carbocycles. The van der Waals surface area contributed by atoms with Crippen molar-refractivity contribution in [2.75, 3.05) is 50.7 Å². The van der Waals surface area contributed by atoms with Crippen molar-refractivity contribution in [1.29, 1.82) is 5.26 Å². The van der Waals surface area contributed by atoms with E-state index in [9.17, 15) is 4.79 Å². The maximum absolute atomic E-state index is 12.3. The zero-order valence-corrected chi connectivity index (χ0v) is 13.5. The molecule has 0 N–H and O–H groups in total. The Labute approximate surface area is 132 Å². The lowest BCUT2D eigenvalue weighted by atomic mass is 10.2. The van der Waals surface area contributed by atoms with Gasteiger partial charge in [0.15, 0.2) is 0 Å². The van der Waals surface area contributed by atoms with Crippen LogP contribution in [0.5, 0.6) is 0 Å². The Kier molecular flexibility index (Phi) is 5.79. The highest BCUT2D eigenvalue weighted by molar-refractivity contribution is 5.78. The minimum Gasteiger partial charge on any atom is -0.368 e. The molecule has 0 aliphatic carbocycles. The van der Waals surface area contributed by atoms with Crippen molar-refractivity contribution in [1.82, 2.24) is 9.80 Å². The summed E-state index contributed by atoms with van der Waals surface area (Å²) in [6.07, 6.45) is 0. The molecule has 1 aliphatic heterocycles. The van der Waals surface area contributed by atoms with E-state index < -0.39 is 0 Å². The quantitative estimate of drug-likeness (QED) is 0.828. The van der Waals surface area contributed by atoms with E-state index in [-0.39, 0.29) is 5.91 Å². The molecule has 0 bridgehead atoms. The fourth-order valence-corrected chi connectivity index (χ4v) is 2.70. The normalized spacial score (nSPS) is 15.0. The average molecular weight is 300 g/mol. The first-order valence-corrected chi connectivity index (χ1v) is 7.93. The van der Waals surface area contributed by atoms with Crippen LogP contribution in [-0.2, 0) is 4.79 Å². The number of carbonyl (C=O) groups is 1. The molecule has 22 heavy (non-hydrogen) atoms. The van der Waals surface area contributed by atoms with E-state index in [2.05, 4.69) is 29.7 Å². The standard InChI is InChI=1S/C17H24N4O/c1-3-19(4-2)14-17(22)21-11-9-20(10-12-21)16-7-5-15(13-18)6-8-16/h5-8H,3-4,9-12,14H2,1-2H3. The van der Waals surface area contributed by atoms with Crippen molar-refractivity contribution < 1.29 is 4.79 Å². The van der Waals surface area contributed by atoms with Crippen LogP contribution in [0.15, 0.2) is 24.3 Å². The third-order valence-electron chi connectivity index (χ3n) is 4.25. The van der Waals surface area contributed by atoms with Crippen molar-refractivity contribution in [3.05, 3.63) is 29.8 Å². The molecule has 1 fully saturated rings. The van der Waals surface area contributed by atoms with Gasteiger partial charge < -0.3 is 9.80 Å². The van der Waals surface area contributed by atoms with E-state index in [0.29, 0.717) is 12.1 Å². The number of hydrogen-bond acceptors (Lipinski definition) is 4. The van der Waals surface area contributed by atoms with Crippen LogP contribution in [0.4, 0.5) is 5.69 Å². The Hall–Kier alpha value is -2.06. The zero-order chi connectivity index (χ0) is 15.9. The van der Waals surface area contributed by atoms with E-state index in [4.69, 9.17) is 5.26 Å². The molecule has 1 aromatic rings. The highest BCUT2D eigenvalue weighted by Gasteiger charge is 2.22. The van der Waals surface area contributed by atoms with Gasteiger partial charge in [0.1, 0.15) is 0 Å². The number of benzene rings is 1. The van der Waals surface area contributed by atoms with Crippen LogP contribution in [0.2, 0.25) is 0 Å². The SMILES string of the molecule is CCN(CC)CC(=O)N1CCN(c2ccc(C#N)cc2)CC1. The first-order valence-electron chi connectivity index (χ1n) is 7.93. The van der Waals surface area contributed by atoms with E-state index in [1.54, 1.807) is 0 Å². The van der Waals surface area contributed by atoms with Gasteiger partial charge in [0.2, 0.25) is 5.91 Å². The molecule has 0 spiro atoms. The van der Waals surface area contributed by atoms with E-state index in [1.807, 2.05) is 29.2 Å². The molecule has 5 heteroatoms. The summed E-state index contributed by atoms with van der Waals surface area (Å²) in [4.78, 5) is 18.7. The van der Waals surface area contributed by atoms with Gasteiger partial charge in [0, 0.05) is 31.9 Å². The zero-order valence-electron chi connectivity index (χ0n) is 13.5. The van der Waals surface area contributed by atoms with Crippen LogP contribution in [-0.4, -0.2) is 61.5 Å². The van der Waals surface area contributed by atoms with E-state index in [1.165, 1.54) is 0 Å². The van der Waals surface area contributed by atoms with Crippen molar-refractivity contribution in [3.63, 3.8) is 0 Å². The Morgan fingerprint density at radius 3 is 2.23 bits per heavy atom. The Morgan fingerprint density at radius 2 is 1.73 bits per heavy atom. The number of amides is 1. The summed E-state index contributed by atoms with van der Waals surface area (Å²) in [5, 5.41) is 8.84. The lowest BCUT2D eigenvalue weighted by molar-refractivity contribution is -0.132. The number of piperazine rings is 1. The van der Waals surface area contributed by atoms with Crippen molar-refractivity contribution in [3.8, 4) is 6.07 Å². The summed E-state index contributed by atoms with van der Waals surface area (Å²) in [5.41, 5.74) is 1.80. The van der Waals surface area contributed by atoms with Gasteiger partial charge in [-0.15, -0.1) is 0 Å². The first kappa shape index (κ1) is 16.3. The Balaban J connectivity index is 1.87. The summed E-state index contributed by atoms with van der Waals surface area (Å²) in [7, 11) is 0. The largest absolute Gasteiger partial charge is 0.368 e. The van der Waals surface area contributed by atoms with Crippen LogP contribution in [0.25, 0.3) is 0 Å². The van der Waals surface area contributed by atoms with Crippen LogP contribution >= 0.6 is 0 Å². The molecule has 1 amide bonds. The molecular formula is C17H24N4O. The van der Waals surface area contributed by atoms with Gasteiger partial charge in [-0.25, -0.2) is 0 Å². The molecule has 0 saturated carbocycles. The maximum Gasteiger partial charge on any atom is 0.236 e. The van der Waals surface area contributed by atoms with Crippen LogP contribution in [0, 0.1) is 11.3 Å². The average Bonchev–Trinajstić information content (AvgIpc) is 2.59. The first-order chi connectivity index (χ1) is 10.7. The second-order valence-corrected chi connectivity index (χ2v) is 5.49. The minimum absolute atomic E-state index is 0.225. The number of nitrogens with zero attached hydrogens (tertiary/aromatic N) is 4. The van der Waals surface area contributed by atoms with Gasteiger partial charge in [-0.2, -0.15) is 5.26 Å². The molecule has 5 nitrogen and oxygen atoms in total. The predicted octanol–water partition coefficient (Wildman–Crippen LogP) is 1.55. The van der Waals surface area contributed by atoms with Gasteiger partial charge in [0.25, 0.3) is 0 Å². The lowest BCUT2D eigenvalue weighted by Crippen LogP contribution is -2.51. The molecule has 0 radical (unpaired) electrons. The second-order valence-electron chi connectivity index (χ2n) is 5.49. The molecule has 0 atom stereocenters. The number of carbonyl (C=O) groups excluding carboxylic acids is 1. The molecule has 1 saturated heterocycles. The number of likely N-dealkylation sites (N-methyl/N-ethyl adjacent to an activating group) is 1. The summed E-state index contributed by atoms with van der Waals surface area (Å²) < 4.78 is 0. The number of anilines is 1. The lowest BCUT2D eigenvalue weighted by Gasteiger charge is -2.37. The monoisotopic (exact) mass is 300 g/mol. The summed E-state index contributed by atoms with van der Waals surface area (Å²) in [6, 6.07) is 9.77. The van der Waals surface area contributed by atoms with E-state index >= 15 is 0 Å². The van der Waals surface area contributed by atoms with Crippen molar-refractivity contribution in [2.45, 2.75) is 13.8 Å². The molecular weight excluding hydrogens is 276 g/mol. The molecule has 0 unspecified atom stereocenters. The number of nitriles is 1. The van der Waals surface area contributed by atoms with Gasteiger partial charge in [-0.05, 0) is 37.4 Å². The minimum atomic E-state index is 0.225. The highest BCUT2D eigenvalue weighted by Crippen LogP contribution is 2.17. The second kappa shape index (κ2) is 7.81. The van der Waals surface area contributed by atoms with Crippen LogP contribution in [0.3, 0.4) is 0 Å². The van der Waals surface area contributed by atoms with E-state index in [0.717, 1.165) is 45.0 Å². The predicted molar refractivity (Wildman–Crippen MR) is 87.7 cm³/mol. The summed E-state index contributed by atoms with van der Waals surface area (Å²) >= 11 is 0. The van der Waals surface area contributed by atoms with Gasteiger partial charge >= 0.3 is 0 Å². The smallest absolute Gasteiger partial charge is 0.236 e. The highest BCUT2D eigenvalue weighted by atomic mass is 16.2. The van der Waals surface area contributed by atoms with Crippen LogP contribution < -0.4 is 4.90 Å².